The van der Waals surface area contributed by atoms with Gasteiger partial charge in [-0.05, 0) is 75.2 Å². The van der Waals surface area contributed by atoms with Crippen molar-refractivity contribution in [3.8, 4) is 11.9 Å². The largest absolute Gasteiger partial charge is 0.473 e. The highest BCUT2D eigenvalue weighted by Gasteiger charge is 2.27. The number of nitriles is 1. The molecule has 0 saturated carbocycles. The molecule has 2 aliphatic heterocycles. The van der Waals surface area contributed by atoms with Crippen LogP contribution < -0.4 is 9.64 Å². The molecule has 2 saturated heterocycles. The minimum Gasteiger partial charge on any atom is -0.473 e. The molecule has 0 bridgehead atoms. The van der Waals surface area contributed by atoms with E-state index in [1.807, 2.05) is 37.3 Å². The molecule has 43 heavy (non-hydrogen) atoms. The first-order chi connectivity index (χ1) is 20.8. The number of benzene rings is 2. The number of pyridine rings is 1. The van der Waals surface area contributed by atoms with Gasteiger partial charge >= 0.3 is 5.97 Å². The zero-order valence-corrected chi connectivity index (χ0v) is 24.7. The molecule has 2 aromatic carbocycles. The van der Waals surface area contributed by atoms with Crippen molar-refractivity contribution < 1.29 is 23.4 Å². The van der Waals surface area contributed by atoms with Crippen LogP contribution in [0.25, 0.3) is 0 Å². The number of hydrogen-bond acceptors (Lipinski definition) is 8. The monoisotopic (exact) mass is 584 g/mol. The van der Waals surface area contributed by atoms with Crippen LogP contribution in [-0.4, -0.2) is 61.9 Å². The first kappa shape index (κ1) is 30.2. The van der Waals surface area contributed by atoms with Crippen LogP contribution in [0.3, 0.4) is 0 Å². The molecule has 0 radical (unpaired) electrons. The number of piperidine rings is 1. The number of ether oxygens (including phenoxy) is 3. The Hall–Kier alpha value is -4.26. The number of aryl methyl sites for hydroxylation is 1. The molecule has 1 aromatic heterocycles. The molecule has 1 unspecified atom stereocenters. The van der Waals surface area contributed by atoms with E-state index < -0.39 is 5.82 Å². The molecule has 0 spiro atoms. The predicted molar refractivity (Wildman–Crippen MR) is 161 cm³/mol. The lowest BCUT2D eigenvalue weighted by Gasteiger charge is -2.38. The number of carbonyl (C=O) groups is 1. The standard InChI is InChI=1S/C34H37FN4O4/c1-23-7-9-27(34(40)41-3)18-32(23)39(21-29-13-16-42-29)24(2)20-38-14-11-26(12-15-38)31-5-4-6-33(37-31)43-22-28-10-8-25(19-36)17-30(28)35/h4-10,17-18,26,29H,2,11-16,20-22H2,1,3H3. The number of methoxy groups -OCH3 is 1. The van der Waals surface area contributed by atoms with Crippen LogP contribution in [0.2, 0.25) is 0 Å². The summed E-state index contributed by atoms with van der Waals surface area (Å²) in [6, 6.07) is 17.6. The normalized spacial score (nSPS) is 17.0. The van der Waals surface area contributed by atoms with Gasteiger partial charge in [0.2, 0.25) is 5.88 Å². The predicted octanol–water partition coefficient (Wildman–Crippen LogP) is 5.76. The van der Waals surface area contributed by atoms with E-state index in [2.05, 4.69) is 16.4 Å². The molecular formula is C34H37FN4O4. The zero-order chi connectivity index (χ0) is 30.3. The van der Waals surface area contributed by atoms with Crippen LogP contribution in [-0.2, 0) is 16.1 Å². The molecular weight excluding hydrogens is 547 g/mol. The maximum atomic E-state index is 14.3. The lowest BCUT2D eigenvalue weighted by Crippen LogP contribution is -2.43. The molecule has 2 fully saturated rings. The zero-order valence-electron chi connectivity index (χ0n) is 24.7. The van der Waals surface area contributed by atoms with Crippen LogP contribution in [0.1, 0.15) is 57.9 Å². The summed E-state index contributed by atoms with van der Waals surface area (Å²) in [5, 5.41) is 8.95. The number of aromatic nitrogens is 1. The fourth-order valence-electron chi connectivity index (χ4n) is 5.53. The van der Waals surface area contributed by atoms with Gasteiger partial charge in [0.05, 0.1) is 30.4 Å². The number of likely N-dealkylation sites (tertiary alicyclic amines) is 1. The van der Waals surface area contributed by atoms with Gasteiger partial charge in [0.15, 0.2) is 0 Å². The Morgan fingerprint density at radius 2 is 1.98 bits per heavy atom. The minimum atomic E-state index is -0.464. The fourth-order valence-corrected chi connectivity index (χ4v) is 5.53. The highest BCUT2D eigenvalue weighted by atomic mass is 19.1. The second kappa shape index (κ2) is 13.8. The molecule has 224 valence electrons. The first-order valence-electron chi connectivity index (χ1n) is 14.6. The average molecular weight is 585 g/mol. The molecule has 8 nitrogen and oxygen atoms in total. The Morgan fingerprint density at radius 3 is 2.65 bits per heavy atom. The molecule has 0 aliphatic carbocycles. The van der Waals surface area contributed by atoms with Gasteiger partial charge in [-0.2, -0.15) is 5.26 Å². The molecule has 3 aromatic rings. The minimum absolute atomic E-state index is 0.0406. The van der Waals surface area contributed by atoms with Crippen LogP contribution in [0.15, 0.2) is 66.9 Å². The van der Waals surface area contributed by atoms with E-state index in [0.29, 0.717) is 30.1 Å². The number of nitrogens with zero attached hydrogens (tertiary/aromatic N) is 4. The molecule has 2 aliphatic rings. The van der Waals surface area contributed by atoms with Crippen molar-refractivity contribution in [3.63, 3.8) is 0 Å². The Morgan fingerprint density at radius 1 is 1.19 bits per heavy atom. The lowest BCUT2D eigenvalue weighted by atomic mass is 9.93. The van der Waals surface area contributed by atoms with Gasteiger partial charge in [-0.1, -0.05) is 24.8 Å². The van der Waals surface area contributed by atoms with Gasteiger partial charge in [-0.3, -0.25) is 4.90 Å². The van der Waals surface area contributed by atoms with E-state index in [-0.39, 0.29) is 30.2 Å². The topological polar surface area (TPSA) is 87.9 Å². The number of halogens is 1. The third-order valence-electron chi connectivity index (χ3n) is 8.20. The van der Waals surface area contributed by atoms with Crippen molar-refractivity contribution in [3.05, 3.63) is 101 Å². The summed E-state index contributed by atoms with van der Waals surface area (Å²) in [5.74, 6) is -0.0822. The number of anilines is 1. The van der Waals surface area contributed by atoms with Crippen molar-refractivity contribution in [2.24, 2.45) is 0 Å². The van der Waals surface area contributed by atoms with Gasteiger partial charge < -0.3 is 19.1 Å². The van der Waals surface area contributed by atoms with Gasteiger partial charge in [-0.15, -0.1) is 0 Å². The first-order valence-corrected chi connectivity index (χ1v) is 14.6. The number of rotatable bonds is 11. The van der Waals surface area contributed by atoms with E-state index in [1.54, 1.807) is 24.3 Å². The van der Waals surface area contributed by atoms with E-state index >= 15 is 0 Å². The Kier molecular flexibility index (Phi) is 9.70. The summed E-state index contributed by atoms with van der Waals surface area (Å²) in [6.45, 7) is 10.5. The second-order valence-corrected chi connectivity index (χ2v) is 11.1. The Bertz CT molecular complexity index is 1510. The third-order valence-corrected chi connectivity index (χ3v) is 8.20. The van der Waals surface area contributed by atoms with Crippen LogP contribution >= 0.6 is 0 Å². The van der Waals surface area contributed by atoms with Crippen molar-refractivity contribution in [1.29, 1.82) is 5.26 Å². The maximum Gasteiger partial charge on any atom is 0.337 e. The van der Waals surface area contributed by atoms with Crippen molar-refractivity contribution >= 4 is 11.7 Å². The third kappa shape index (κ3) is 7.39. The number of esters is 1. The van der Waals surface area contributed by atoms with Crippen LogP contribution in [0.4, 0.5) is 10.1 Å². The molecule has 9 heteroatoms. The molecule has 3 heterocycles. The number of carbonyl (C=O) groups excluding carboxylic acids is 1. The summed E-state index contributed by atoms with van der Waals surface area (Å²) < 4.78 is 30.8. The highest BCUT2D eigenvalue weighted by molar-refractivity contribution is 5.91. The lowest BCUT2D eigenvalue weighted by molar-refractivity contribution is -0.0439. The maximum absolute atomic E-state index is 14.3. The summed E-state index contributed by atoms with van der Waals surface area (Å²) in [6.07, 6.45) is 3.02. The van der Waals surface area contributed by atoms with Gasteiger partial charge in [-0.25, -0.2) is 14.2 Å². The molecule has 0 amide bonds. The van der Waals surface area contributed by atoms with Gasteiger partial charge in [0, 0.05) is 54.3 Å². The van der Waals surface area contributed by atoms with Gasteiger partial charge in [0.1, 0.15) is 12.4 Å². The van der Waals surface area contributed by atoms with Crippen LogP contribution in [0.5, 0.6) is 5.88 Å². The van der Waals surface area contributed by atoms with E-state index in [0.717, 1.165) is 61.6 Å². The summed E-state index contributed by atoms with van der Waals surface area (Å²) in [4.78, 5) is 21.6. The molecule has 1 atom stereocenters. The number of hydrogen-bond donors (Lipinski definition) is 0. The summed E-state index contributed by atoms with van der Waals surface area (Å²) in [5.41, 5.74) is 5.10. The van der Waals surface area contributed by atoms with E-state index in [9.17, 15) is 9.18 Å². The molecule has 5 rings (SSSR count). The Labute approximate surface area is 252 Å². The van der Waals surface area contributed by atoms with Crippen LogP contribution in [0, 0.1) is 24.1 Å². The van der Waals surface area contributed by atoms with Crippen molar-refractivity contribution in [1.82, 2.24) is 9.88 Å². The van der Waals surface area contributed by atoms with Crippen molar-refractivity contribution in [2.75, 3.05) is 44.8 Å². The van der Waals surface area contributed by atoms with Gasteiger partial charge in [0.25, 0.3) is 0 Å². The smallest absolute Gasteiger partial charge is 0.337 e. The van der Waals surface area contributed by atoms with E-state index in [4.69, 9.17) is 24.5 Å². The summed E-state index contributed by atoms with van der Waals surface area (Å²) in [7, 11) is 1.39. The average Bonchev–Trinajstić information content (AvgIpc) is 3.00. The van der Waals surface area contributed by atoms with Crippen molar-refractivity contribution in [2.45, 2.75) is 44.8 Å². The SMILES string of the molecule is C=C(CN1CCC(c2cccc(OCc3ccc(C#N)cc3F)n2)CC1)N(CC1CCO1)c1cc(C(=O)OC)ccc1C. The molecule has 0 N–H and O–H groups in total. The summed E-state index contributed by atoms with van der Waals surface area (Å²) >= 11 is 0. The van der Waals surface area contributed by atoms with E-state index in [1.165, 1.54) is 13.2 Å². The fraction of sp³-hybridized carbons (Fsp3) is 0.382. The Balaban J connectivity index is 1.19. The second-order valence-electron chi connectivity index (χ2n) is 11.1. The highest BCUT2D eigenvalue weighted by Crippen LogP contribution is 2.31. The quantitative estimate of drug-likeness (QED) is 0.263.